The molecule has 0 atom stereocenters. The van der Waals surface area contributed by atoms with Crippen molar-refractivity contribution < 1.29 is 0 Å². The van der Waals surface area contributed by atoms with Gasteiger partial charge in [-0.1, -0.05) is 0 Å². The minimum atomic E-state index is 0.566. The van der Waals surface area contributed by atoms with E-state index >= 15 is 0 Å². The molecule has 0 bridgehead atoms. The molecule has 0 spiro atoms. The van der Waals surface area contributed by atoms with Crippen molar-refractivity contribution in [2.45, 2.75) is 6.92 Å². The average Bonchev–Trinajstić information content (AvgIpc) is 2.60. The molecule has 6 heteroatoms. The summed E-state index contributed by atoms with van der Waals surface area (Å²) in [6.45, 7) is 1.88. The van der Waals surface area contributed by atoms with Gasteiger partial charge in [0.2, 0.25) is 4.77 Å². The van der Waals surface area contributed by atoms with Crippen molar-refractivity contribution in [2.75, 3.05) is 0 Å². The molecular weight excluding hydrogens is 186 g/mol. The van der Waals surface area contributed by atoms with Crippen LogP contribution in [0, 0.1) is 11.7 Å². The SMILES string of the molecule is Cc1n[nH]c(=S)n1-c1ccn(C)n1. The zero-order valence-corrected chi connectivity index (χ0v) is 8.17. The standard InChI is InChI=1S/C7H9N5S/c1-5-8-9-7(13)12(5)6-3-4-11(2)10-6/h3-4H,1-2H3,(H,9,13). The molecule has 0 amide bonds. The second kappa shape index (κ2) is 2.81. The van der Waals surface area contributed by atoms with Crippen molar-refractivity contribution >= 4 is 12.2 Å². The van der Waals surface area contributed by atoms with E-state index in [9.17, 15) is 0 Å². The minimum absolute atomic E-state index is 0.566. The average molecular weight is 195 g/mol. The van der Waals surface area contributed by atoms with Gasteiger partial charge in [0.15, 0.2) is 5.82 Å². The molecular formula is C7H9N5S. The van der Waals surface area contributed by atoms with E-state index in [1.54, 1.807) is 9.25 Å². The Labute approximate surface area is 80.0 Å². The van der Waals surface area contributed by atoms with Gasteiger partial charge in [-0.05, 0) is 19.1 Å². The number of rotatable bonds is 1. The van der Waals surface area contributed by atoms with Crippen LogP contribution >= 0.6 is 12.2 Å². The molecule has 13 heavy (non-hydrogen) atoms. The van der Waals surface area contributed by atoms with E-state index in [0.29, 0.717) is 4.77 Å². The van der Waals surface area contributed by atoms with Crippen LogP contribution in [0.3, 0.4) is 0 Å². The third-order valence-corrected chi connectivity index (χ3v) is 2.04. The third kappa shape index (κ3) is 1.29. The lowest BCUT2D eigenvalue weighted by Crippen LogP contribution is -1.99. The third-order valence-electron chi connectivity index (χ3n) is 1.77. The molecule has 0 aromatic carbocycles. The Kier molecular flexibility index (Phi) is 1.77. The monoisotopic (exact) mass is 195 g/mol. The van der Waals surface area contributed by atoms with Gasteiger partial charge in [-0.25, -0.2) is 0 Å². The number of aromatic nitrogens is 5. The molecule has 0 aliphatic carbocycles. The molecule has 5 nitrogen and oxygen atoms in total. The zero-order valence-electron chi connectivity index (χ0n) is 7.35. The molecule has 2 heterocycles. The first-order valence-corrected chi connectivity index (χ1v) is 4.23. The summed E-state index contributed by atoms with van der Waals surface area (Å²) < 4.78 is 4.08. The van der Waals surface area contributed by atoms with Crippen molar-refractivity contribution in [3.63, 3.8) is 0 Å². The van der Waals surface area contributed by atoms with Crippen molar-refractivity contribution in [1.82, 2.24) is 24.5 Å². The van der Waals surface area contributed by atoms with Crippen LogP contribution in [-0.2, 0) is 7.05 Å². The highest BCUT2D eigenvalue weighted by atomic mass is 32.1. The summed E-state index contributed by atoms with van der Waals surface area (Å²) in [6.07, 6.45) is 1.86. The molecule has 0 aliphatic rings. The summed E-state index contributed by atoms with van der Waals surface area (Å²) in [6, 6.07) is 1.89. The van der Waals surface area contributed by atoms with Crippen LogP contribution in [0.5, 0.6) is 0 Å². The molecule has 0 saturated heterocycles. The largest absolute Gasteiger partial charge is 0.274 e. The van der Waals surface area contributed by atoms with Gasteiger partial charge in [-0.2, -0.15) is 10.2 Å². The molecule has 1 N–H and O–H groups in total. The van der Waals surface area contributed by atoms with Crippen LogP contribution in [0.25, 0.3) is 5.82 Å². The molecule has 0 unspecified atom stereocenters. The van der Waals surface area contributed by atoms with Gasteiger partial charge < -0.3 is 0 Å². The summed E-state index contributed by atoms with van der Waals surface area (Å²) in [5.74, 6) is 1.60. The van der Waals surface area contributed by atoms with E-state index in [4.69, 9.17) is 12.2 Å². The summed E-state index contributed by atoms with van der Waals surface area (Å²) in [5.41, 5.74) is 0. The van der Waals surface area contributed by atoms with E-state index in [-0.39, 0.29) is 0 Å². The lowest BCUT2D eigenvalue weighted by molar-refractivity contribution is 0.745. The van der Waals surface area contributed by atoms with Crippen molar-refractivity contribution in [1.29, 1.82) is 0 Å². The van der Waals surface area contributed by atoms with E-state index in [2.05, 4.69) is 15.3 Å². The van der Waals surface area contributed by atoms with Gasteiger partial charge in [0, 0.05) is 19.3 Å². The Hall–Kier alpha value is -1.43. The fourth-order valence-corrected chi connectivity index (χ4v) is 1.44. The molecule has 0 fully saturated rings. The molecule has 0 radical (unpaired) electrons. The Morgan fingerprint density at radius 3 is 2.77 bits per heavy atom. The van der Waals surface area contributed by atoms with Crippen LogP contribution < -0.4 is 0 Å². The Morgan fingerprint density at radius 2 is 2.31 bits per heavy atom. The highest BCUT2D eigenvalue weighted by Crippen LogP contribution is 2.06. The lowest BCUT2D eigenvalue weighted by Gasteiger charge is -1.96. The summed E-state index contributed by atoms with van der Waals surface area (Å²) in [4.78, 5) is 0. The first-order chi connectivity index (χ1) is 6.18. The predicted octanol–water partition coefficient (Wildman–Crippen LogP) is 0.972. The summed E-state index contributed by atoms with van der Waals surface area (Å²) in [5, 5.41) is 10.9. The lowest BCUT2D eigenvalue weighted by atomic mass is 10.6. The van der Waals surface area contributed by atoms with Crippen LogP contribution in [0.15, 0.2) is 12.3 Å². The maximum absolute atomic E-state index is 5.06. The topological polar surface area (TPSA) is 51.4 Å². The van der Waals surface area contributed by atoms with Gasteiger partial charge in [-0.3, -0.25) is 14.3 Å². The van der Waals surface area contributed by atoms with Crippen LogP contribution in [-0.4, -0.2) is 24.5 Å². The number of nitrogens with one attached hydrogen (secondary N) is 1. The van der Waals surface area contributed by atoms with Gasteiger partial charge >= 0.3 is 0 Å². The fraction of sp³-hybridized carbons (Fsp3) is 0.286. The molecule has 2 aromatic rings. The van der Waals surface area contributed by atoms with Crippen molar-refractivity contribution in [2.24, 2.45) is 7.05 Å². The second-order valence-electron chi connectivity index (χ2n) is 2.76. The van der Waals surface area contributed by atoms with Crippen molar-refractivity contribution in [3.8, 4) is 5.82 Å². The quantitative estimate of drug-likeness (QED) is 0.690. The molecule has 0 saturated carbocycles. The highest BCUT2D eigenvalue weighted by Gasteiger charge is 2.05. The van der Waals surface area contributed by atoms with Crippen LogP contribution in [0.1, 0.15) is 5.82 Å². The number of aryl methyl sites for hydroxylation is 2. The smallest absolute Gasteiger partial charge is 0.201 e. The first-order valence-electron chi connectivity index (χ1n) is 3.82. The molecule has 2 aromatic heterocycles. The number of hydrogen-bond acceptors (Lipinski definition) is 3. The number of aromatic amines is 1. The van der Waals surface area contributed by atoms with E-state index in [1.165, 1.54) is 0 Å². The van der Waals surface area contributed by atoms with Crippen LogP contribution in [0.2, 0.25) is 0 Å². The van der Waals surface area contributed by atoms with E-state index < -0.39 is 0 Å². The molecule has 68 valence electrons. The predicted molar refractivity (Wildman–Crippen MR) is 50.3 cm³/mol. The minimum Gasteiger partial charge on any atom is -0.274 e. The zero-order chi connectivity index (χ0) is 9.42. The van der Waals surface area contributed by atoms with Crippen molar-refractivity contribution in [3.05, 3.63) is 22.9 Å². The van der Waals surface area contributed by atoms with Gasteiger partial charge in [0.1, 0.15) is 5.82 Å². The summed E-state index contributed by atoms with van der Waals surface area (Å²) in [7, 11) is 1.86. The number of hydrogen-bond donors (Lipinski definition) is 1. The summed E-state index contributed by atoms with van der Waals surface area (Å²) >= 11 is 5.06. The fourth-order valence-electron chi connectivity index (χ4n) is 1.17. The highest BCUT2D eigenvalue weighted by molar-refractivity contribution is 7.71. The van der Waals surface area contributed by atoms with E-state index in [0.717, 1.165) is 11.6 Å². The number of nitrogens with zero attached hydrogens (tertiary/aromatic N) is 4. The molecule has 0 aliphatic heterocycles. The second-order valence-corrected chi connectivity index (χ2v) is 3.15. The first kappa shape index (κ1) is 8.18. The van der Waals surface area contributed by atoms with Gasteiger partial charge in [-0.15, -0.1) is 0 Å². The Bertz CT molecular complexity index is 477. The maximum atomic E-state index is 5.06. The normalized spacial score (nSPS) is 10.6. The van der Waals surface area contributed by atoms with E-state index in [1.807, 2.05) is 26.2 Å². The Morgan fingerprint density at radius 1 is 1.54 bits per heavy atom. The molecule has 2 rings (SSSR count). The van der Waals surface area contributed by atoms with Gasteiger partial charge in [0.05, 0.1) is 0 Å². The van der Waals surface area contributed by atoms with Crippen LogP contribution in [0.4, 0.5) is 0 Å². The number of H-pyrrole nitrogens is 1. The maximum Gasteiger partial charge on any atom is 0.201 e. The van der Waals surface area contributed by atoms with Gasteiger partial charge in [0.25, 0.3) is 0 Å². The Balaban J connectivity index is 2.64.